The molecule has 2 aromatic rings. The highest BCUT2D eigenvalue weighted by Crippen LogP contribution is 2.30. The maximum Gasteiger partial charge on any atom is 0.308 e. The van der Waals surface area contributed by atoms with Gasteiger partial charge in [-0.1, -0.05) is 6.92 Å². The van der Waals surface area contributed by atoms with Crippen LogP contribution in [0.4, 0.5) is 0 Å². The Morgan fingerprint density at radius 3 is 2.79 bits per heavy atom. The molecule has 1 aliphatic carbocycles. The van der Waals surface area contributed by atoms with E-state index in [4.69, 9.17) is 14.3 Å². The average molecular weight is 331 g/mol. The molecule has 0 aliphatic heterocycles. The quantitative estimate of drug-likeness (QED) is 0.844. The van der Waals surface area contributed by atoms with Gasteiger partial charge in [-0.15, -0.1) is 0 Å². The number of rotatable bonds is 7. The molecule has 1 heterocycles. The number of carbonyl (C=O) groups excluding carboxylic acids is 1. The van der Waals surface area contributed by atoms with Gasteiger partial charge in [0.1, 0.15) is 11.3 Å². The van der Waals surface area contributed by atoms with Crippen LogP contribution in [0.3, 0.4) is 0 Å². The Morgan fingerprint density at radius 2 is 2.17 bits per heavy atom. The molecule has 0 saturated heterocycles. The van der Waals surface area contributed by atoms with E-state index in [1.165, 1.54) is 0 Å². The van der Waals surface area contributed by atoms with Crippen molar-refractivity contribution in [2.24, 2.45) is 5.92 Å². The lowest BCUT2D eigenvalue weighted by Crippen LogP contribution is -2.39. The highest BCUT2D eigenvalue weighted by Gasteiger charge is 2.34. The second kappa shape index (κ2) is 6.55. The minimum Gasteiger partial charge on any atom is -0.497 e. The van der Waals surface area contributed by atoms with Gasteiger partial charge in [0.25, 0.3) is 0 Å². The third-order valence-corrected chi connectivity index (χ3v) is 4.40. The molecule has 0 bridgehead atoms. The highest BCUT2D eigenvalue weighted by molar-refractivity contribution is 5.88. The molecule has 1 aliphatic rings. The van der Waals surface area contributed by atoms with E-state index in [9.17, 15) is 9.59 Å². The second-order valence-corrected chi connectivity index (χ2v) is 6.32. The number of ether oxygens (including phenoxy) is 1. The molecule has 3 rings (SSSR count). The van der Waals surface area contributed by atoms with E-state index in [-0.39, 0.29) is 24.9 Å². The molecule has 1 fully saturated rings. The first kappa shape index (κ1) is 16.4. The van der Waals surface area contributed by atoms with Crippen molar-refractivity contribution >= 4 is 22.8 Å². The normalized spacial score (nSPS) is 15.2. The Kier molecular flexibility index (Phi) is 4.46. The third-order valence-electron chi connectivity index (χ3n) is 4.40. The molecule has 6 nitrogen and oxygen atoms in total. The first-order valence-electron chi connectivity index (χ1n) is 8.06. The smallest absolute Gasteiger partial charge is 0.308 e. The number of carbonyl (C=O) groups is 2. The Hall–Kier alpha value is -2.50. The summed E-state index contributed by atoms with van der Waals surface area (Å²) in [4.78, 5) is 25.5. The number of hydrogen-bond donors (Lipinski definition) is 1. The van der Waals surface area contributed by atoms with Crippen LogP contribution in [0, 0.1) is 5.92 Å². The molecule has 1 aromatic carbocycles. The number of carboxylic acid groups (broad SMARTS) is 1. The fourth-order valence-electron chi connectivity index (χ4n) is 2.81. The summed E-state index contributed by atoms with van der Waals surface area (Å²) in [5, 5.41) is 9.98. The van der Waals surface area contributed by atoms with Crippen LogP contribution in [0.25, 0.3) is 11.0 Å². The molecule has 128 valence electrons. The lowest BCUT2D eigenvalue weighted by Gasteiger charge is -2.24. The van der Waals surface area contributed by atoms with Crippen molar-refractivity contribution in [3.63, 3.8) is 0 Å². The zero-order chi connectivity index (χ0) is 17.3. The Bertz CT molecular complexity index is 762. The molecule has 1 atom stereocenters. The monoisotopic (exact) mass is 331 g/mol. The number of amides is 1. The Morgan fingerprint density at radius 1 is 1.42 bits per heavy atom. The van der Waals surface area contributed by atoms with Gasteiger partial charge in [0.05, 0.1) is 25.7 Å². The molecular weight excluding hydrogens is 310 g/mol. The number of carboxylic acids is 1. The van der Waals surface area contributed by atoms with E-state index in [0.717, 1.165) is 23.8 Å². The van der Waals surface area contributed by atoms with Crippen LogP contribution < -0.4 is 4.74 Å². The van der Waals surface area contributed by atoms with Crippen molar-refractivity contribution in [1.82, 2.24) is 4.90 Å². The van der Waals surface area contributed by atoms with Gasteiger partial charge in [-0.05, 0) is 25.0 Å². The predicted octanol–water partition coefficient (Wildman–Crippen LogP) is 2.70. The highest BCUT2D eigenvalue weighted by atomic mass is 16.5. The number of methoxy groups -OCH3 is 1. The van der Waals surface area contributed by atoms with E-state index in [1.54, 1.807) is 31.3 Å². The number of benzene rings is 1. The number of fused-ring (bicyclic) bond motifs is 1. The standard InChI is InChI=1S/C18H21NO5/c1-11(18(21)22)9-19(13-3-4-13)17(20)7-12-10-24-16-8-14(23-2)5-6-15(12)16/h5-6,8,10-11,13H,3-4,7,9H2,1-2H3,(H,21,22). The summed E-state index contributed by atoms with van der Waals surface area (Å²) >= 11 is 0. The molecule has 1 unspecified atom stereocenters. The largest absolute Gasteiger partial charge is 0.497 e. The van der Waals surface area contributed by atoms with Crippen LogP contribution in [0.2, 0.25) is 0 Å². The summed E-state index contributed by atoms with van der Waals surface area (Å²) in [6.07, 6.45) is 3.69. The summed E-state index contributed by atoms with van der Waals surface area (Å²) in [6, 6.07) is 5.67. The van der Waals surface area contributed by atoms with E-state index in [2.05, 4.69) is 0 Å². The molecule has 1 N–H and O–H groups in total. The first-order valence-corrected chi connectivity index (χ1v) is 8.06. The van der Waals surface area contributed by atoms with Crippen molar-refractivity contribution in [3.05, 3.63) is 30.0 Å². The molecule has 1 aromatic heterocycles. The van der Waals surface area contributed by atoms with Crippen LogP contribution in [-0.2, 0) is 16.0 Å². The fraction of sp³-hybridized carbons (Fsp3) is 0.444. The predicted molar refractivity (Wildman–Crippen MR) is 88.0 cm³/mol. The molecule has 24 heavy (non-hydrogen) atoms. The lowest BCUT2D eigenvalue weighted by molar-refractivity contribution is -0.143. The Labute approximate surface area is 140 Å². The van der Waals surface area contributed by atoms with E-state index in [1.807, 2.05) is 12.1 Å². The summed E-state index contributed by atoms with van der Waals surface area (Å²) < 4.78 is 10.7. The Balaban J connectivity index is 1.76. The average Bonchev–Trinajstić information content (AvgIpc) is 3.33. The van der Waals surface area contributed by atoms with Gasteiger partial charge in [0.2, 0.25) is 5.91 Å². The zero-order valence-electron chi connectivity index (χ0n) is 13.8. The van der Waals surface area contributed by atoms with Crippen molar-refractivity contribution in [1.29, 1.82) is 0 Å². The maximum absolute atomic E-state index is 12.7. The molecule has 1 saturated carbocycles. The zero-order valence-corrected chi connectivity index (χ0v) is 13.8. The van der Waals surface area contributed by atoms with E-state index >= 15 is 0 Å². The van der Waals surface area contributed by atoms with Crippen LogP contribution >= 0.6 is 0 Å². The van der Waals surface area contributed by atoms with Gasteiger partial charge in [0.15, 0.2) is 0 Å². The number of aliphatic carboxylic acids is 1. The van der Waals surface area contributed by atoms with Gasteiger partial charge in [-0.3, -0.25) is 9.59 Å². The maximum atomic E-state index is 12.7. The van der Waals surface area contributed by atoms with Crippen LogP contribution in [0.5, 0.6) is 5.75 Å². The van der Waals surface area contributed by atoms with Crippen molar-refractivity contribution in [2.45, 2.75) is 32.2 Å². The SMILES string of the molecule is COc1ccc2c(CC(=O)N(CC(C)C(=O)O)C3CC3)coc2c1. The van der Waals surface area contributed by atoms with Crippen LogP contribution in [0.15, 0.2) is 28.9 Å². The van der Waals surface area contributed by atoms with Gasteiger partial charge in [-0.2, -0.15) is 0 Å². The lowest BCUT2D eigenvalue weighted by atomic mass is 10.1. The van der Waals surface area contributed by atoms with Gasteiger partial charge in [0, 0.05) is 29.6 Å². The van der Waals surface area contributed by atoms with Gasteiger partial charge in [-0.25, -0.2) is 0 Å². The van der Waals surface area contributed by atoms with Gasteiger partial charge >= 0.3 is 5.97 Å². The summed E-state index contributed by atoms with van der Waals surface area (Å²) in [5.41, 5.74) is 1.49. The summed E-state index contributed by atoms with van der Waals surface area (Å²) in [6.45, 7) is 1.88. The van der Waals surface area contributed by atoms with Crippen LogP contribution in [-0.4, -0.2) is 41.6 Å². The summed E-state index contributed by atoms with van der Waals surface area (Å²) in [5.74, 6) is -0.803. The van der Waals surface area contributed by atoms with Gasteiger partial charge < -0.3 is 19.2 Å². The summed E-state index contributed by atoms with van der Waals surface area (Å²) in [7, 11) is 1.59. The minimum absolute atomic E-state index is 0.0517. The van der Waals surface area contributed by atoms with Crippen molar-refractivity contribution in [2.75, 3.05) is 13.7 Å². The van der Waals surface area contributed by atoms with E-state index in [0.29, 0.717) is 11.3 Å². The topological polar surface area (TPSA) is 80.0 Å². The van der Waals surface area contributed by atoms with Crippen molar-refractivity contribution < 1.29 is 23.8 Å². The molecule has 6 heteroatoms. The van der Waals surface area contributed by atoms with Crippen molar-refractivity contribution in [3.8, 4) is 5.75 Å². The molecular formula is C18H21NO5. The molecule has 1 amide bonds. The number of nitrogens with zero attached hydrogens (tertiary/aromatic N) is 1. The van der Waals surface area contributed by atoms with E-state index < -0.39 is 11.9 Å². The fourth-order valence-corrected chi connectivity index (χ4v) is 2.81. The number of hydrogen-bond acceptors (Lipinski definition) is 4. The molecule has 0 spiro atoms. The third kappa shape index (κ3) is 3.37. The number of furan rings is 1. The second-order valence-electron chi connectivity index (χ2n) is 6.32. The molecule has 0 radical (unpaired) electrons. The minimum atomic E-state index is -0.880. The van der Waals surface area contributed by atoms with Crippen LogP contribution in [0.1, 0.15) is 25.3 Å². The first-order chi connectivity index (χ1) is 11.5.